The molecule has 2 aromatic rings. The van der Waals surface area contributed by atoms with E-state index in [-0.39, 0.29) is 5.75 Å². The minimum Gasteiger partial charge on any atom is -0.269 e. The maximum Gasteiger partial charge on any atom is 0.305 e. The van der Waals surface area contributed by atoms with Crippen molar-refractivity contribution in [3.05, 3.63) is 71.8 Å². The molecule has 0 atom stereocenters. The Kier molecular flexibility index (Phi) is 3.75. The van der Waals surface area contributed by atoms with Gasteiger partial charge >= 0.3 is 10.0 Å². The Bertz CT molecular complexity index is 753. The van der Waals surface area contributed by atoms with Crippen LogP contribution in [0.3, 0.4) is 0 Å². The van der Waals surface area contributed by atoms with E-state index in [1.54, 1.807) is 0 Å². The maximum absolute atomic E-state index is 12.7. The summed E-state index contributed by atoms with van der Waals surface area (Å²) in [5.74, 6) is 0.692. The van der Waals surface area contributed by atoms with Gasteiger partial charge in [0.25, 0.3) is 5.84 Å². The number of rotatable bonds is 4. The van der Waals surface area contributed by atoms with E-state index >= 15 is 0 Å². The van der Waals surface area contributed by atoms with Gasteiger partial charge in [0.05, 0.1) is 5.56 Å². The van der Waals surface area contributed by atoms with Gasteiger partial charge in [0.15, 0.2) is 0 Å². The van der Waals surface area contributed by atoms with Crippen molar-refractivity contribution in [2.24, 2.45) is 0 Å². The lowest BCUT2D eigenvalue weighted by Gasteiger charge is -2.06. The average molecular weight is 301 g/mol. The van der Waals surface area contributed by atoms with Crippen LogP contribution < -0.4 is 5.32 Å². The molecule has 0 aromatic heterocycles. The molecule has 1 heterocycles. The molecule has 0 saturated carbocycles. The van der Waals surface area contributed by atoms with Crippen LogP contribution >= 0.6 is 0 Å². The van der Waals surface area contributed by atoms with Crippen molar-refractivity contribution >= 4 is 15.9 Å². The molecule has 0 bridgehead atoms. The quantitative estimate of drug-likeness (QED) is 0.872. The lowest BCUT2D eigenvalue weighted by atomic mass is 10.2. The van der Waals surface area contributed by atoms with Crippen LogP contribution in [0.5, 0.6) is 0 Å². The van der Waals surface area contributed by atoms with E-state index in [1.165, 1.54) is 3.98 Å². The Labute approximate surface area is 124 Å². The average Bonchev–Trinajstić information content (AvgIpc) is 2.99. The summed E-state index contributed by atoms with van der Waals surface area (Å²) in [6.45, 7) is 1.11. The smallest absolute Gasteiger partial charge is 0.269 e. The van der Waals surface area contributed by atoms with Crippen molar-refractivity contribution in [3.8, 4) is 0 Å². The van der Waals surface area contributed by atoms with E-state index in [2.05, 4.69) is 5.32 Å². The summed E-state index contributed by atoms with van der Waals surface area (Å²) < 4.78 is 26.8. The van der Waals surface area contributed by atoms with E-state index < -0.39 is 10.0 Å². The van der Waals surface area contributed by atoms with E-state index in [0.717, 1.165) is 11.1 Å². The molecule has 0 unspecified atom stereocenters. The summed E-state index contributed by atoms with van der Waals surface area (Å²) in [5.41, 5.74) is 1.70. The lowest BCUT2D eigenvalue weighted by molar-refractivity contribution is -0.352. The fraction of sp³-hybridized carbons (Fsp3) is 0.188. The summed E-state index contributed by atoms with van der Waals surface area (Å²) in [6, 6.07) is 18.8. The molecule has 21 heavy (non-hydrogen) atoms. The molecule has 0 saturated heterocycles. The van der Waals surface area contributed by atoms with Crippen LogP contribution in [0.25, 0.3) is 0 Å². The number of nitrogens with zero attached hydrogens (tertiary/aromatic N) is 1. The SMILES string of the molecule is O=S(=O)(Cc1ccccc1)[N+]1=C(c2ccccc2)NCC1. The Balaban J connectivity index is 1.97. The van der Waals surface area contributed by atoms with Crippen molar-refractivity contribution in [2.75, 3.05) is 13.1 Å². The minimum absolute atomic E-state index is 0.0197. The molecule has 5 heteroatoms. The highest BCUT2D eigenvalue weighted by Gasteiger charge is 2.32. The first-order chi connectivity index (χ1) is 10.2. The van der Waals surface area contributed by atoms with E-state index in [0.29, 0.717) is 18.9 Å². The van der Waals surface area contributed by atoms with Gasteiger partial charge in [0, 0.05) is 0 Å². The highest BCUT2D eigenvalue weighted by Crippen LogP contribution is 2.11. The van der Waals surface area contributed by atoms with Gasteiger partial charge < -0.3 is 0 Å². The van der Waals surface area contributed by atoms with Crippen LogP contribution in [0.15, 0.2) is 60.7 Å². The Hall–Kier alpha value is -2.14. The van der Waals surface area contributed by atoms with Crippen LogP contribution in [-0.4, -0.2) is 31.3 Å². The topological polar surface area (TPSA) is 49.2 Å². The third-order valence-corrected chi connectivity index (χ3v) is 5.17. The maximum atomic E-state index is 12.7. The second-order valence-electron chi connectivity index (χ2n) is 4.96. The Morgan fingerprint density at radius 1 is 0.952 bits per heavy atom. The van der Waals surface area contributed by atoms with Gasteiger partial charge in [-0.05, 0) is 17.7 Å². The monoisotopic (exact) mass is 301 g/mol. The number of sulfonamides is 1. The summed E-state index contributed by atoms with van der Waals surface area (Å²) in [5, 5.41) is 3.18. The zero-order valence-electron chi connectivity index (χ0n) is 11.6. The first-order valence-electron chi connectivity index (χ1n) is 6.87. The molecule has 4 nitrogen and oxygen atoms in total. The largest absolute Gasteiger partial charge is 0.305 e. The molecular formula is C16H17N2O2S+. The molecule has 2 aromatic carbocycles. The molecule has 1 aliphatic rings. The van der Waals surface area contributed by atoms with Gasteiger partial charge in [-0.3, -0.25) is 5.32 Å². The third-order valence-electron chi connectivity index (χ3n) is 3.43. The van der Waals surface area contributed by atoms with Crippen molar-refractivity contribution in [1.29, 1.82) is 0 Å². The molecule has 108 valence electrons. The van der Waals surface area contributed by atoms with Gasteiger partial charge in [-0.15, -0.1) is 3.98 Å². The molecule has 0 spiro atoms. The third kappa shape index (κ3) is 2.97. The van der Waals surface area contributed by atoms with Crippen LogP contribution in [0.4, 0.5) is 0 Å². The fourth-order valence-electron chi connectivity index (χ4n) is 2.46. The Morgan fingerprint density at radius 3 is 2.24 bits per heavy atom. The second-order valence-corrected chi connectivity index (χ2v) is 6.85. The predicted molar refractivity (Wildman–Crippen MR) is 82.7 cm³/mol. The minimum atomic E-state index is -3.38. The number of hydrogen-bond donors (Lipinski definition) is 1. The molecule has 1 aliphatic heterocycles. The zero-order chi connectivity index (χ0) is 14.7. The molecule has 0 radical (unpaired) electrons. The molecule has 1 N–H and O–H groups in total. The summed E-state index contributed by atoms with van der Waals surface area (Å²) in [7, 11) is -3.38. The molecule has 0 amide bonds. The summed E-state index contributed by atoms with van der Waals surface area (Å²) in [4.78, 5) is 0. The van der Waals surface area contributed by atoms with Crippen molar-refractivity contribution in [1.82, 2.24) is 5.32 Å². The fourth-order valence-corrected chi connectivity index (χ4v) is 4.05. The zero-order valence-corrected chi connectivity index (χ0v) is 12.4. The van der Waals surface area contributed by atoms with Crippen LogP contribution in [0, 0.1) is 0 Å². The second kappa shape index (κ2) is 5.69. The van der Waals surface area contributed by atoms with Gasteiger partial charge in [-0.1, -0.05) is 48.5 Å². The first-order valence-corrected chi connectivity index (χ1v) is 8.48. The van der Waals surface area contributed by atoms with E-state index in [4.69, 9.17) is 0 Å². The normalized spacial score (nSPS) is 15.0. The van der Waals surface area contributed by atoms with E-state index in [1.807, 2.05) is 60.7 Å². The number of nitrogens with one attached hydrogen (secondary N) is 1. The Morgan fingerprint density at radius 2 is 1.57 bits per heavy atom. The molecular weight excluding hydrogens is 284 g/mol. The molecule has 0 aliphatic carbocycles. The van der Waals surface area contributed by atoms with Crippen molar-refractivity contribution in [3.63, 3.8) is 0 Å². The van der Waals surface area contributed by atoms with Gasteiger partial charge in [-0.25, -0.2) is 0 Å². The lowest BCUT2D eigenvalue weighted by Crippen LogP contribution is -2.29. The highest BCUT2D eigenvalue weighted by atomic mass is 32.2. The summed E-state index contributed by atoms with van der Waals surface area (Å²) in [6.07, 6.45) is 0. The number of hydrogen-bond acceptors (Lipinski definition) is 3. The molecule has 3 rings (SSSR count). The van der Waals surface area contributed by atoms with Crippen molar-refractivity contribution in [2.45, 2.75) is 5.75 Å². The molecule has 0 fully saturated rings. The van der Waals surface area contributed by atoms with Crippen LogP contribution in [0.1, 0.15) is 11.1 Å². The highest BCUT2D eigenvalue weighted by molar-refractivity contribution is 7.84. The van der Waals surface area contributed by atoms with Gasteiger partial charge in [0.1, 0.15) is 18.8 Å². The van der Waals surface area contributed by atoms with Crippen LogP contribution in [-0.2, 0) is 15.8 Å². The van der Waals surface area contributed by atoms with Crippen LogP contribution in [0.2, 0.25) is 0 Å². The standard InChI is InChI=1S/C16H16N2O2S/c19-21(20,13-14-7-3-1-4-8-14)18-12-11-17-16(18)15-9-5-2-6-10-15/h1-10H,11-13H2/p+1. The van der Waals surface area contributed by atoms with Crippen molar-refractivity contribution < 1.29 is 12.4 Å². The summed E-state index contributed by atoms with van der Waals surface area (Å²) >= 11 is 0. The number of amidine groups is 1. The van der Waals surface area contributed by atoms with Gasteiger partial charge in [0.2, 0.25) is 0 Å². The predicted octanol–water partition coefficient (Wildman–Crippen LogP) is 1.58. The first kappa shape index (κ1) is 13.8. The van der Waals surface area contributed by atoms with E-state index in [9.17, 15) is 8.42 Å². The van der Waals surface area contributed by atoms with Gasteiger partial charge in [-0.2, -0.15) is 8.42 Å². The number of benzene rings is 2.